The van der Waals surface area contributed by atoms with Crippen LogP contribution < -0.4 is 5.32 Å². The molecule has 0 saturated carbocycles. The summed E-state index contributed by atoms with van der Waals surface area (Å²) >= 11 is 0. The highest BCUT2D eigenvalue weighted by Crippen LogP contribution is 2.17. The number of phenols is 1. The monoisotopic (exact) mass is 221 g/mol. The fourth-order valence-corrected chi connectivity index (χ4v) is 1.76. The lowest BCUT2D eigenvalue weighted by Gasteiger charge is -2.07. The van der Waals surface area contributed by atoms with Crippen molar-refractivity contribution >= 4 is 0 Å². The van der Waals surface area contributed by atoms with Gasteiger partial charge in [0.15, 0.2) is 0 Å². The summed E-state index contributed by atoms with van der Waals surface area (Å²) in [6, 6.07) is 5.73. The summed E-state index contributed by atoms with van der Waals surface area (Å²) in [5.41, 5.74) is 2.19. The number of phenolic OH excluding ortho intramolecular Hbond substituents is 1. The van der Waals surface area contributed by atoms with Crippen molar-refractivity contribution in [3.8, 4) is 5.75 Å². The van der Waals surface area contributed by atoms with Crippen molar-refractivity contribution < 1.29 is 5.11 Å². The Morgan fingerprint density at radius 3 is 2.75 bits per heavy atom. The molecule has 0 spiro atoms. The van der Waals surface area contributed by atoms with Gasteiger partial charge in [-0.05, 0) is 26.0 Å². The molecule has 0 aromatic heterocycles. The molecule has 16 heavy (non-hydrogen) atoms. The van der Waals surface area contributed by atoms with Crippen LogP contribution in [0.5, 0.6) is 5.75 Å². The van der Waals surface area contributed by atoms with Crippen LogP contribution in [0.1, 0.15) is 43.7 Å². The van der Waals surface area contributed by atoms with Gasteiger partial charge in [0.2, 0.25) is 0 Å². The van der Waals surface area contributed by atoms with Gasteiger partial charge >= 0.3 is 0 Å². The Hall–Kier alpha value is -1.02. The van der Waals surface area contributed by atoms with Crippen LogP contribution in [-0.2, 0) is 6.54 Å². The first-order valence-corrected chi connectivity index (χ1v) is 6.23. The van der Waals surface area contributed by atoms with E-state index in [1.807, 2.05) is 19.1 Å². The van der Waals surface area contributed by atoms with Crippen LogP contribution in [0, 0.1) is 6.92 Å². The van der Waals surface area contributed by atoms with Gasteiger partial charge in [-0.25, -0.2) is 0 Å². The van der Waals surface area contributed by atoms with E-state index in [0.717, 1.165) is 18.7 Å². The van der Waals surface area contributed by atoms with Gasteiger partial charge in [-0.3, -0.25) is 0 Å². The first-order chi connectivity index (χ1) is 7.74. The minimum absolute atomic E-state index is 0.395. The SMILES string of the molecule is CCCCCCNCc1cc(C)ccc1O. The van der Waals surface area contributed by atoms with Crippen LogP contribution in [0.25, 0.3) is 0 Å². The van der Waals surface area contributed by atoms with Crippen LogP contribution >= 0.6 is 0 Å². The second-order valence-corrected chi connectivity index (χ2v) is 4.37. The molecule has 2 heteroatoms. The average molecular weight is 221 g/mol. The molecule has 0 aliphatic heterocycles. The van der Waals surface area contributed by atoms with Gasteiger partial charge in [-0.15, -0.1) is 0 Å². The maximum absolute atomic E-state index is 9.64. The summed E-state index contributed by atoms with van der Waals surface area (Å²) in [4.78, 5) is 0. The number of aryl methyl sites for hydroxylation is 1. The number of nitrogens with one attached hydrogen (secondary N) is 1. The summed E-state index contributed by atoms with van der Waals surface area (Å²) in [6.45, 7) is 6.06. The van der Waals surface area contributed by atoms with E-state index in [1.165, 1.54) is 31.2 Å². The van der Waals surface area contributed by atoms with Crippen molar-refractivity contribution in [2.24, 2.45) is 0 Å². The molecule has 0 amide bonds. The molecule has 0 atom stereocenters. The zero-order valence-corrected chi connectivity index (χ0v) is 10.4. The molecule has 2 nitrogen and oxygen atoms in total. The second-order valence-electron chi connectivity index (χ2n) is 4.37. The van der Waals surface area contributed by atoms with E-state index >= 15 is 0 Å². The third-order valence-corrected chi connectivity index (χ3v) is 2.76. The summed E-state index contributed by atoms with van der Waals surface area (Å²) in [7, 11) is 0. The Morgan fingerprint density at radius 2 is 2.00 bits per heavy atom. The maximum atomic E-state index is 9.64. The average Bonchev–Trinajstić information content (AvgIpc) is 2.28. The van der Waals surface area contributed by atoms with Gasteiger partial charge < -0.3 is 10.4 Å². The molecule has 90 valence electrons. The fraction of sp³-hybridized carbons (Fsp3) is 0.571. The Morgan fingerprint density at radius 1 is 1.19 bits per heavy atom. The quantitative estimate of drug-likeness (QED) is 0.692. The normalized spacial score (nSPS) is 10.6. The van der Waals surface area contributed by atoms with E-state index in [0.29, 0.717) is 5.75 Å². The van der Waals surface area contributed by atoms with Crippen LogP contribution in [0.3, 0.4) is 0 Å². The predicted octanol–water partition coefficient (Wildman–Crippen LogP) is 3.37. The maximum Gasteiger partial charge on any atom is 0.120 e. The molecule has 2 N–H and O–H groups in total. The summed E-state index contributed by atoms with van der Waals surface area (Å²) in [5.74, 6) is 0.395. The first kappa shape index (κ1) is 13.0. The van der Waals surface area contributed by atoms with Crippen molar-refractivity contribution in [3.05, 3.63) is 29.3 Å². The summed E-state index contributed by atoms with van der Waals surface area (Å²) < 4.78 is 0. The number of aromatic hydroxyl groups is 1. The Balaban J connectivity index is 2.23. The van der Waals surface area contributed by atoms with Crippen molar-refractivity contribution in [2.45, 2.75) is 46.1 Å². The number of benzene rings is 1. The summed E-state index contributed by atoms with van der Waals surface area (Å²) in [6.07, 6.45) is 5.11. The van der Waals surface area contributed by atoms with Gasteiger partial charge in [-0.1, -0.05) is 43.9 Å². The number of hydrogen-bond donors (Lipinski definition) is 2. The Kier molecular flexibility index (Phi) is 5.94. The van der Waals surface area contributed by atoms with E-state index in [2.05, 4.69) is 12.2 Å². The highest BCUT2D eigenvalue weighted by molar-refractivity contribution is 5.35. The van der Waals surface area contributed by atoms with E-state index in [4.69, 9.17) is 0 Å². The number of unbranched alkanes of at least 4 members (excludes halogenated alkanes) is 3. The van der Waals surface area contributed by atoms with E-state index in [1.54, 1.807) is 6.07 Å². The van der Waals surface area contributed by atoms with Crippen molar-refractivity contribution in [1.82, 2.24) is 5.32 Å². The lowest BCUT2D eigenvalue weighted by atomic mass is 10.1. The molecule has 0 aliphatic rings. The highest BCUT2D eigenvalue weighted by atomic mass is 16.3. The molecular weight excluding hydrogens is 198 g/mol. The fourth-order valence-electron chi connectivity index (χ4n) is 1.76. The van der Waals surface area contributed by atoms with Crippen molar-refractivity contribution in [3.63, 3.8) is 0 Å². The molecule has 0 unspecified atom stereocenters. The highest BCUT2D eigenvalue weighted by Gasteiger charge is 2.00. The second kappa shape index (κ2) is 7.29. The molecule has 0 heterocycles. The van der Waals surface area contributed by atoms with Gasteiger partial charge in [0.05, 0.1) is 0 Å². The minimum atomic E-state index is 0.395. The largest absolute Gasteiger partial charge is 0.508 e. The molecule has 1 rings (SSSR count). The molecule has 0 aliphatic carbocycles. The first-order valence-electron chi connectivity index (χ1n) is 6.23. The van der Waals surface area contributed by atoms with Crippen molar-refractivity contribution in [1.29, 1.82) is 0 Å². The van der Waals surface area contributed by atoms with E-state index in [9.17, 15) is 5.11 Å². The number of rotatable bonds is 7. The third kappa shape index (κ3) is 4.67. The van der Waals surface area contributed by atoms with Crippen LogP contribution in [0.15, 0.2) is 18.2 Å². The molecule has 0 saturated heterocycles. The van der Waals surface area contributed by atoms with E-state index < -0.39 is 0 Å². The summed E-state index contributed by atoms with van der Waals surface area (Å²) in [5, 5.41) is 13.0. The van der Waals surface area contributed by atoms with Crippen LogP contribution in [0.2, 0.25) is 0 Å². The molecule has 1 aromatic carbocycles. The molecule has 0 radical (unpaired) electrons. The standard InChI is InChI=1S/C14H23NO/c1-3-4-5-6-9-15-11-13-10-12(2)7-8-14(13)16/h7-8,10,15-16H,3-6,9,11H2,1-2H3. The topological polar surface area (TPSA) is 32.3 Å². The number of hydrogen-bond acceptors (Lipinski definition) is 2. The molecular formula is C14H23NO. The van der Waals surface area contributed by atoms with Crippen LogP contribution in [0.4, 0.5) is 0 Å². The lowest BCUT2D eigenvalue weighted by Crippen LogP contribution is -2.14. The van der Waals surface area contributed by atoms with Gasteiger partial charge in [-0.2, -0.15) is 0 Å². The Labute approximate surface area is 98.7 Å². The van der Waals surface area contributed by atoms with Crippen LogP contribution in [-0.4, -0.2) is 11.7 Å². The third-order valence-electron chi connectivity index (χ3n) is 2.76. The predicted molar refractivity (Wildman–Crippen MR) is 68.7 cm³/mol. The smallest absolute Gasteiger partial charge is 0.120 e. The zero-order chi connectivity index (χ0) is 11.8. The molecule has 1 aromatic rings. The van der Waals surface area contributed by atoms with Gasteiger partial charge in [0.1, 0.15) is 5.75 Å². The Bertz CT molecular complexity index is 310. The zero-order valence-electron chi connectivity index (χ0n) is 10.4. The molecule has 0 bridgehead atoms. The van der Waals surface area contributed by atoms with Gasteiger partial charge in [0.25, 0.3) is 0 Å². The molecule has 0 fully saturated rings. The van der Waals surface area contributed by atoms with E-state index in [-0.39, 0.29) is 0 Å². The minimum Gasteiger partial charge on any atom is -0.508 e. The van der Waals surface area contributed by atoms with Crippen molar-refractivity contribution in [2.75, 3.05) is 6.54 Å². The van der Waals surface area contributed by atoms with Gasteiger partial charge in [0, 0.05) is 12.1 Å². The lowest BCUT2D eigenvalue weighted by molar-refractivity contribution is 0.463.